The third kappa shape index (κ3) is 2.82. The summed E-state index contributed by atoms with van der Waals surface area (Å²) in [5, 5.41) is 0. The van der Waals surface area contributed by atoms with E-state index in [2.05, 4.69) is 9.46 Å². The summed E-state index contributed by atoms with van der Waals surface area (Å²) in [6, 6.07) is 0. The molecule has 0 heterocycles. The van der Waals surface area contributed by atoms with Gasteiger partial charge in [-0.25, -0.2) is 9.52 Å². The molecule has 0 aromatic carbocycles. The molecular weight excluding hydrogens is 210 g/mol. The predicted octanol–water partition coefficient (Wildman–Crippen LogP) is -1.33. The molecule has 0 aromatic heterocycles. The lowest BCUT2D eigenvalue weighted by Crippen LogP contribution is -2.49. The lowest BCUT2D eigenvalue weighted by Gasteiger charge is -2.14. The quantitative estimate of drug-likeness (QED) is 0.546. The van der Waals surface area contributed by atoms with Crippen LogP contribution >= 0.6 is 0 Å². The van der Waals surface area contributed by atoms with Crippen molar-refractivity contribution in [3.05, 3.63) is 0 Å². The molecule has 1 aliphatic carbocycles. The van der Waals surface area contributed by atoms with Gasteiger partial charge in [0.2, 0.25) is 0 Å². The van der Waals surface area contributed by atoms with Crippen molar-refractivity contribution in [1.82, 2.24) is 9.44 Å². The van der Waals surface area contributed by atoms with Gasteiger partial charge in [0.15, 0.2) is 0 Å². The van der Waals surface area contributed by atoms with Crippen molar-refractivity contribution < 1.29 is 17.9 Å². The number of hydrogen-bond donors (Lipinski definition) is 3. The number of ether oxygens (including phenoxy) is 1. The Kier molecular flexibility index (Phi) is 2.98. The second-order valence-electron chi connectivity index (χ2n) is 3.18. The first-order valence-electron chi connectivity index (χ1n) is 4.03. The van der Waals surface area contributed by atoms with Gasteiger partial charge in [0, 0.05) is 12.1 Å². The van der Waals surface area contributed by atoms with Crippen LogP contribution in [-0.4, -0.2) is 33.7 Å². The van der Waals surface area contributed by atoms with Gasteiger partial charge in [-0.15, -0.1) is 0 Å². The van der Waals surface area contributed by atoms with Crippen LogP contribution < -0.4 is 15.2 Å². The molecule has 0 saturated heterocycles. The summed E-state index contributed by atoms with van der Waals surface area (Å²) >= 11 is 0. The van der Waals surface area contributed by atoms with Crippen molar-refractivity contribution in [2.24, 2.45) is 5.73 Å². The van der Waals surface area contributed by atoms with E-state index in [0.29, 0.717) is 12.8 Å². The van der Waals surface area contributed by atoms with E-state index in [-0.39, 0.29) is 6.54 Å². The van der Waals surface area contributed by atoms with Crippen LogP contribution in [0.3, 0.4) is 0 Å². The molecule has 1 amide bonds. The third-order valence-corrected chi connectivity index (χ3v) is 3.14. The molecule has 1 fully saturated rings. The Morgan fingerprint density at radius 3 is 2.50 bits per heavy atom. The summed E-state index contributed by atoms with van der Waals surface area (Å²) in [4.78, 5) is 10.6. The van der Waals surface area contributed by atoms with Crippen molar-refractivity contribution >= 4 is 16.3 Å². The molecule has 0 atom stereocenters. The van der Waals surface area contributed by atoms with Crippen molar-refractivity contribution in [1.29, 1.82) is 0 Å². The molecule has 0 spiro atoms. The summed E-state index contributed by atoms with van der Waals surface area (Å²) < 4.78 is 30.6. The second kappa shape index (κ2) is 3.71. The Morgan fingerprint density at radius 1 is 1.57 bits per heavy atom. The maximum Gasteiger partial charge on any atom is 0.421 e. The smallest absolute Gasteiger partial charge is 0.421 e. The highest BCUT2D eigenvalue weighted by Gasteiger charge is 2.44. The Hall–Kier alpha value is -0.860. The molecule has 8 heteroatoms. The van der Waals surface area contributed by atoms with Gasteiger partial charge in [-0.05, 0) is 12.8 Å². The van der Waals surface area contributed by atoms with Gasteiger partial charge in [0.25, 0.3) is 0 Å². The van der Waals surface area contributed by atoms with E-state index in [9.17, 15) is 13.2 Å². The number of amides is 1. The molecule has 4 N–H and O–H groups in total. The zero-order valence-electron chi connectivity index (χ0n) is 7.74. The van der Waals surface area contributed by atoms with Gasteiger partial charge in [-0.3, -0.25) is 0 Å². The molecule has 14 heavy (non-hydrogen) atoms. The average Bonchev–Trinajstić information content (AvgIpc) is 2.83. The molecule has 1 aliphatic rings. The monoisotopic (exact) mass is 223 g/mol. The first-order valence-corrected chi connectivity index (χ1v) is 5.51. The maximum absolute atomic E-state index is 11.2. The van der Waals surface area contributed by atoms with E-state index in [0.717, 1.165) is 7.11 Å². The van der Waals surface area contributed by atoms with Gasteiger partial charge >= 0.3 is 16.3 Å². The van der Waals surface area contributed by atoms with Crippen LogP contribution in [0.5, 0.6) is 0 Å². The zero-order valence-corrected chi connectivity index (χ0v) is 8.56. The summed E-state index contributed by atoms with van der Waals surface area (Å²) in [6.07, 6.45) is 0.349. The van der Waals surface area contributed by atoms with Crippen LogP contribution in [0, 0.1) is 0 Å². The van der Waals surface area contributed by atoms with Crippen LogP contribution in [0.25, 0.3) is 0 Å². The molecule has 1 saturated carbocycles. The van der Waals surface area contributed by atoms with E-state index in [1.807, 2.05) is 0 Å². The first-order chi connectivity index (χ1) is 6.43. The number of hydrogen-bond acceptors (Lipinski definition) is 5. The van der Waals surface area contributed by atoms with E-state index < -0.39 is 21.8 Å². The molecule has 0 unspecified atom stereocenters. The van der Waals surface area contributed by atoms with E-state index in [4.69, 9.17) is 5.73 Å². The van der Waals surface area contributed by atoms with E-state index in [1.54, 1.807) is 4.72 Å². The number of nitrogens with two attached hydrogens (primary N) is 1. The molecule has 82 valence electrons. The van der Waals surface area contributed by atoms with Gasteiger partial charge in [0.1, 0.15) is 0 Å². The van der Waals surface area contributed by atoms with Crippen molar-refractivity contribution in [3.8, 4) is 0 Å². The SMILES string of the molecule is COC(=O)NS(=O)(=O)NC1(CN)CC1. The highest BCUT2D eigenvalue weighted by Crippen LogP contribution is 2.34. The number of carbonyl (C=O) groups is 1. The lowest BCUT2D eigenvalue weighted by atomic mass is 10.3. The van der Waals surface area contributed by atoms with Gasteiger partial charge < -0.3 is 10.5 Å². The molecule has 7 nitrogen and oxygen atoms in total. The minimum atomic E-state index is -3.85. The minimum absolute atomic E-state index is 0.217. The minimum Gasteiger partial charge on any atom is -0.452 e. The maximum atomic E-state index is 11.2. The Balaban J connectivity index is 2.54. The summed E-state index contributed by atoms with van der Waals surface area (Å²) in [7, 11) is -2.77. The second-order valence-corrected chi connectivity index (χ2v) is 4.60. The fourth-order valence-corrected chi connectivity index (χ4v) is 2.17. The number of nitrogens with one attached hydrogen (secondary N) is 2. The summed E-state index contributed by atoms with van der Waals surface area (Å²) in [6.45, 7) is 0.217. The van der Waals surface area contributed by atoms with Crippen LogP contribution in [0.15, 0.2) is 0 Å². The predicted molar refractivity (Wildman–Crippen MR) is 48.6 cm³/mol. The number of methoxy groups -OCH3 is 1. The average molecular weight is 223 g/mol. The zero-order chi connectivity index (χ0) is 10.8. The van der Waals surface area contributed by atoms with Crippen LogP contribution in [0.2, 0.25) is 0 Å². The summed E-state index contributed by atoms with van der Waals surface area (Å²) in [5.74, 6) is 0. The Bertz CT molecular complexity index is 322. The molecular formula is C6H13N3O4S. The van der Waals surface area contributed by atoms with E-state index >= 15 is 0 Å². The topological polar surface area (TPSA) is 111 Å². The lowest BCUT2D eigenvalue weighted by molar-refractivity contribution is 0.177. The molecule has 0 radical (unpaired) electrons. The first kappa shape index (κ1) is 11.2. The fourth-order valence-electron chi connectivity index (χ4n) is 0.961. The van der Waals surface area contributed by atoms with Crippen LogP contribution in [-0.2, 0) is 14.9 Å². The number of carbonyl (C=O) groups excluding carboxylic acids is 1. The molecule has 1 rings (SSSR count). The normalized spacial score (nSPS) is 18.7. The van der Waals surface area contributed by atoms with Gasteiger partial charge in [0.05, 0.1) is 7.11 Å². The largest absolute Gasteiger partial charge is 0.452 e. The third-order valence-electron chi connectivity index (χ3n) is 2.00. The summed E-state index contributed by atoms with van der Waals surface area (Å²) in [5.41, 5.74) is 4.80. The van der Waals surface area contributed by atoms with Gasteiger partial charge in [-0.2, -0.15) is 13.1 Å². The van der Waals surface area contributed by atoms with Crippen molar-refractivity contribution in [3.63, 3.8) is 0 Å². The Labute approximate surface area is 82.2 Å². The van der Waals surface area contributed by atoms with Crippen molar-refractivity contribution in [2.45, 2.75) is 18.4 Å². The van der Waals surface area contributed by atoms with Crippen LogP contribution in [0.4, 0.5) is 4.79 Å². The van der Waals surface area contributed by atoms with Crippen LogP contribution in [0.1, 0.15) is 12.8 Å². The molecule has 0 bridgehead atoms. The van der Waals surface area contributed by atoms with E-state index in [1.165, 1.54) is 0 Å². The molecule has 0 aliphatic heterocycles. The van der Waals surface area contributed by atoms with Crippen molar-refractivity contribution in [2.75, 3.05) is 13.7 Å². The fraction of sp³-hybridized carbons (Fsp3) is 0.833. The van der Waals surface area contributed by atoms with Gasteiger partial charge in [-0.1, -0.05) is 0 Å². The molecule has 0 aromatic rings. The highest BCUT2D eigenvalue weighted by molar-refractivity contribution is 7.88. The Morgan fingerprint density at radius 2 is 2.14 bits per heavy atom. The highest BCUT2D eigenvalue weighted by atomic mass is 32.2. The standard InChI is InChI=1S/C6H13N3O4S/c1-13-5(10)8-14(11,12)9-6(4-7)2-3-6/h9H,2-4,7H2,1H3,(H,8,10). The number of rotatable bonds is 4.